The molecule has 1 amide bonds. The van der Waals surface area contributed by atoms with Crippen LogP contribution in [0.1, 0.15) is 36.7 Å². The van der Waals surface area contributed by atoms with E-state index in [1.165, 1.54) is 6.07 Å². The molecule has 1 aromatic carbocycles. The molecule has 96 valence electrons. The first-order valence-corrected chi connectivity index (χ1v) is 6.23. The van der Waals surface area contributed by atoms with Gasteiger partial charge >= 0.3 is 0 Å². The zero-order valence-corrected chi connectivity index (χ0v) is 10.6. The van der Waals surface area contributed by atoms with Crippen LogP contribution >= 0.6 is 11.2 Å². The predicted octanol–water partition coefficient (Wildman–Crippen LogP) is 3.90. The van der Waals surface area contributed by atoms with Gasteiger partial charge in [-0.05, 0) is 29.2 Å². The van der Waals surface area contributed by atoms with Crippen LogP contribution in [-0.4, -0.2) is 5.91 Å². The van der Waals surface area contributed by atoms with Gasteiger partial charge in [0.05, 0.1) is 4.90 Å². The van der Waals surface area contributed by atoms with Gasteiger partial charge in [-0.1, -0.05) is 20.8 Å². The first kappa shape index (κ1) is 13.9. The predicted molar refractivity (Wildman–Crippen MR) is 62.8 cm³/mol. The van der Waals surface area contributed by atoms with Crippen molar-refractivity contribution in [2.45, 2.75) is 31.1 Å². The highest BCUT2D eigenvalue weighted by molar-refractivity contribution is 8.20. The second kappa shape index (κ2) is 4.25. The third-order valence-corrected chi connectivity index (χ3v) is 3.09. The molecule has 0 aliphatic rings. The fraction of sp³-hybridized carbons (Fsp3) is 0.364. The summed E-state index contributed by atoms with van der Waals surface area (Å²) in [5, 5.41) is 0. The van der Waals surface area contributed by atoms with Gasteiger partial charge in [-0.15, -0.1) is 11.7 Å². The van der Waals surface area contributed by atoms with Crippen LogP contribution < -0.4 is 5.73 Å². The van der Waals surface area contributed by atoms with Crippen LogP contribution in [-0.2, 0) is 5.41 Å². The summed E-state index contributed by atoms with van der Waals surface area (Å²) in [5.74, 6) is -0.846. The van der Waals surface area contributed by atoms with E-state index < -0.39 is 27.4 Å². The number of primary amides is 1. The molecule has 2 N–H and O–H groups in total. The van der Waals surface area contributed by atoms with Gasteiger partial charge in [-0.3, -0.25) is 4.79 Å². The smallest absolute Gasteiger partial charge is 0.248 e. The Morgan fingerprint density at radius 1 is 1.18 bits per heavy atom. The molecule has 1 rings (SSSR count). The minimum Gasteiger partial charge on any atom is -0.366 e. The van der Waals surface area contributed by atoms with Crippen LogP contribution in [0.4, 0.5) is 11.7 Å². The Hall–Kier alpha value is -1.17. The van der Waals surface area contributed by atoms with E-state index in [1.54, 1.807) is 20.8 Å². The van der Waals surface area contributed by atoms with Gasteiger partial charge in [0, 0.05) is 5.56 Å². The van der Waals surface area contributed by atoms with Gasteiger partial charge < -0.3 is 5.73 Å². The van der Waals surface area contributed by atoms with E-state index in [0.717, 1.165) is 12.1 Å². The maximum Gasteiger partial charge on any atom is 0.248 e. The van der Waals surface area contributed by atoms with Crippen molar-refractivity contribution in [1.29, 1.82) is 0 Å². The second-order valence-electron chi connectivity index (χ2n) is 4.77. The number of carbonyl (C=O) groups excluding carboxylic acids is 1. The van der Waals surface area contributed by atoms with Crippen LogP contribution in [0.25, 0.3) is 0 Å². The average Bonchev–Trinajstić information content (AvgIpc) is 2.14. The van der Waals surface area contributed by atoms with Crippen molar-refractivity contribution in [1.82, 2.24) is 0 Å². The topological polar surface area (TPSA) is 43.1 Å². The number of halogens is 3. The van der Waals surface area contributed by atoms with Crippen LogP contribution in [0.5, 0.6) is 0 Å². The number of hydrogen-bond acceptors (Lipinski definition) is 1. The van der Waals surface area contributed by atoms with Crippen LogP contribution in [0.3, 0.4) is 0 Å². The van der Waals surface area contributed by atoms with Crippen molar-refractivity contribution >= 4 is 17.1 Å². The molecular weight excluding hydrogens is 251 g/mol. The van der Waals surface area contributed by atoms with Crippen molar-refractivity contribution in [2.75, 3.05) is 0 Å². The van der Waals surface area contributed by atoms with E-state index in [9.17, 15) is 16.5 Å². The highest BCUT2D eigenvalue weighted by atomic mass is 32.3. The largest absolute Gasteiger partial charge is 0.366 e. The molecule has 0 aliphatic heterocycles. The summed E-state index contributed by atoms with van der Waals surface area (Å²) in [6.45, 7) is 5.34. The van der Waals surface area contributed by atoms with E-state index in [0.29, 0.717) is 5.56 Å². The third kappa shape index (κ3) is 3.39. The molecule has 6 heteroatoms. The van der Waals surface area contributed by atoms with E-state index >= 15 is 0 Å². The lowest BCUT2D eigenvalue weighted by molar-refractivity contribution is 0.1000. The Labute approximate surface area is 100 Å². The van der Waals surface area contributed by atoms with Crippen molar-refractivity contribution in [2.24, 2.45) is 5.73 Å². The first-order valence-electron chi connectivity index (χ1n) is 4.89. The Balaban J connectivity index is 3.45. The number of rotatable bonds is 2. The molecule has 0 unspecified atom stereocenters. The summed E-state index contributed by atoms with van der Waals surface area (Å²) in [4.78, 5) is 10.3. The van der Waals surface area contributed by atoms with Gasteiger partial charge in [0.2, 0.25) is 17.1 Å². The molecule has 0 fully saturated rings. The molecule has 0 atom stereocenters. The van der Waals surface area contributed by atoms with Crippen LogP contribution in [0, 0.1) is 0 Å². The number of nitrogens with two attached hydrogens (primary N) is 1. The van der Waals surface area contributed by atoms with Gasteiger partial charge in [-0.25, -0.2) is 0 Å². The Morgan fingerprint density at radius 3 is 2.06 bits per heavy atom. The van der Waals surface area contributed by atoms with Gasteiger partial charge in [0.1, 0.15) is 0 Å². The number of benzene rings is 1. The summed E-state index contributed by atoms with van der Waals surface area (Å²) in [5.41, 5.74) is 4.93. The average molecular weight is 265 g/mol. The molecule has 0 saturated carbocycles. The fourth-order valence-electron chi connectivity index (χ4n) is 1.31. The van der Waals surface area contributed by atoms with E-state index in [2.05, 4.69) is 0 Å². The van der Waals surface area contributed by atoms with Crippen molar-refractivity contribution in [3.05, 3.63) is 29.3 Å². The van der Waals surface area contributed by atoms with E-state index in [1.807, 2.05) is 0 Å². The van der Waals surface area contributed by atoms with Crippen LogP contribution in [0.2, 0.25) is 0 Å². The number of hydrogen-bond donors (Lipinski definition) is 1. The zero-order chi connectivity index (χ0) is 13.4. The molecule has 0 radical (unpaired) electrons. The Morgan fingerprint density at radius 2 is 1.71 bits per heavy atom. The highest BCUT2D eigenvalue weighted by Crippen LogP contribution is 2.61. The maximum absolute atomic E-state index is 12.7. The Bertz CT molecular complexity index is 417. The second-order valence-corrected chi connectivity index (χ2v) is 6.05. The quantitative estimate of drug-likeness (QED) is 0.865. The normalized spacial score (nSPS) is 13.5. The SMILES string of the molecule is CC(C)(C)c1cc(C(N)=O)cc(S(F)(F)F)c1. The summed E-state index contributed by atoms with van der Waals surface area (Å²) in [7, 11) is 0. The lowest BCUT2D eigenvalue weighted by Gasteiger charge is -2.22. The monoisotopic (exact) mass is 265 g/mol. The summed E-state index contributed by atoms with van der Waals surface area (Å²) >= 11 is -5.35. The lowest BCUT2D eigenvalue weighted by atomic mass is 9.86. The molecule has 17 heavy (non-hydrogen) atoms. The molecule has 1 aromatic rings. The maximum atomic E-state index is 12.7. The number of amides is 1. The first-order chi connectivity index (χ1) is 7.51. The van der Waals surface area contributed by atoms with Crippen molar-refractivity contribution in [3.8, 4) is 0 Å². The summed E-state index contributed by atoms with van der Waals surface area (Å²) in [6, 6.07) is 3.31. The zero-order valence-electron chi connectivity index (χ0n) is 9.76. The molecular formula is C11H14F3NOS. The molecule has 0 heterocycles. The van der Waals surface area contributed by atoms with E-state index in [4.69, 9.17) is 5.73 Å². The molecule has 0 aromatic heterocycles. The molecule has 0 spiro atoms. The third-order valence-electron chi connectivity index (χ3n) is 2.32. The molecule has 0 bridgehead atoms. The fourth-order valence-corrected chi connectivity index (χ4v) is 1.83. The van der Waals surface area contributed by atoms with Crippen molar-refractivity contribution in [3.63, 3.8) is 0 Å². The molecule has 0 aliphatic carbocycles. The summed E-state index contributed by atoms with van der Waals surface area (Å²) in [6.07, 6.45) is 0. The van der Waals surface area contributed by atoms with Gasteiger partial charge in [-0.2, -0.15) is 0 Å². The van der Waals surface area contributed by atoms with Gasteiger partial charge in [0.25, 0.3) is 0 Å². The van der Waals surface area contributed by atoms with Crippen molar-refractivity contribution < 1.29 is 16.5 Å². The number of carbonyl (C=O) groups is 1. The highest BCUT2D eigenvalue weighted by Gasteiger charge is 2.28. The minimum absolute atomic E-state index is 0.0998. The lowest BCUT2D eigenvalue weighted by Crippen LogP contribution is -2.16. The van der Waals surface area contributed by atoms with E-state index in [-0.39, 0.29) is 5.56 Å². The molecule has 2 nitrogen and oxygen atoms in total. The molecule has 0 saturated heterocycles. The van der Waals surface area contributed by atoms with Gasteiger partial charge in [0.15, 0.2) is 0 Å². The standard InChI is InChI=1S/C11H14F3NOS/c1-11(2,3)8-4-7(10(15)16)5-9(6-8)17(12,13)14/h4-6H,1-3H3,(H2,15,16). The minimum atomic E-state index is -5.35. The summed E-state index contributed by atoms with van der Waals surface area (Å²) < 4.78 is 38.2. The van der Waals surface area contributed by atoms with Crippen LogP contribution in [0.15, 0.2) is 23.1 Å². The Kier molecular flexibility index (Phi) is 3.47.